The van der Waals surface area contributed by atoms with Gasteiger partial charge >= 0.3 is 0 Å². The van der Waals surface area contributed by atoms with Crippen molar-refractivity contribution in [1.82, 2.24) is 0 Å². The van der Waals surface area contributed by atoms with Gasteiger partial charge in [-0.25, -0.2) is 0 Å². The van der Waals surface area contributed by atoms with Gasteiger partial charge in [-0.15, -0.1) is 11.8 Å². The molecular formula is C16H14Cl2O2S. The van der Waals surface area contributed by atoms with E-state index in [1.807, 2.05) is 18.2 Å². The van der Waals surface area contributed by atoms with Gasteiger partial charge in [0.25, 0.3) is 0 Å². The van der Waals surface area contributed by atoms with Crippen molar-refractivity contribution in [2.75, 3.05) is 7.11 Å². The standard InChI is InChI=1S/C16H14Cl2O2S/c1-10(19)11-3-6-15(20-2)12(7-11)9-21-16-8-13(17)4-5-14(16)18/h3-8H,9H2,1-2H3. The van der Waals surface area contributed by atoms with E-state index in [9.17, 15) is 4.79 Å². The molecule has 0 spiro atoms. The summed E-state index contributed by atoms with van der Waals surface area (Å²) >= 11 is 13.7. The largest absolute Gasteiger partial charge is 0.496 e. The molecule has 0 bridgehead atoms. The van der Waals surface area contributed by atoms with Crippen LogP contribution in [0.4, 0.5) is 0 Å². The van der Waals surface area contributed by atoms with Gasteiger partial charge in [-0.1, -0.05) is 23.2 Å². The molecule has 0 heterocycles. The quantitative estimate of drug-likeness (QED) is 0.531. The SMILES string of the molecule is COc1ccc(C(C)=O)cc1CSc1cc(Cl)ccc1Cl. The van der Waals surface area contributed by atoms with Gasteiger partial charge in [0.2, 0.25) is 0 Å². The zero-order chi connectivity index (χ0) is 15.4. The summed E-state index contributed by atoms with van der Waals surface area (Å²) in [4.78, 5) is 12.4. The van der Waals surface area contributed by atoms with Crippen molar-refractivity contribution in [2.24, 2.45) is 0 Å². The van der Waals surface area contributed by atoms with Crippen molar-refractivity contribution in [1.29, 1.82) is 0 Å². The molecular weight excluding hydrogens is 327 g/mol. The van der Waals surface area contributed by atoms with E-state index >= 15 is 0 Å². The second-order valence-corrected chi connectivity index (χ2v) is 6.31. The average Bonchev–Trinajstić information content (AvgIpc) is 2.47. The fraction of sp³-hybridized carbons (Fsp3) is 0.188. The van der Waals surface area contributed by atoms with E-state index in [2.05, 4.69) is 0 Å². The Balaban J connectivity index is 2.24. The molecule has 2 nitrogen and oxygen atoms in total. The van der Waals surface area contributed by atoms with Crippen LogP contribution < -0.4 is 4.74 Å². The zero-order valence-corrected chi connectivity index (χ0v) is 14.0. The molecule has 0 amide bonds. The van der Waals surface area contributed by atoms with Crippen molar-refractivity contribution in [3.05, 3.63) is 57.6 Å². The second-order valence-electron chi connectivity index (χ2n) is 4.45. The van der Waals surface area contributed by atoms with Crippen LogP contribution >= 0.6 is 35.0 Å². The van der Waals surface area contributed by atoms with E-state index < -0.39 is 0 Å². The molecule has 0 N–H and O–H groups in total. The molecule has 0 atom stereocenters. The molecule has 2 aromatic carbocycles. The number of carbonyl (C=O) groups excluding carboxylic acids is 1. The highest BCUT2D eigenvalue weighted by molar-refractivity contribution is 7.98. The molecule has 5 heteroatoms. The third-order valence-electron chi connectivity index (χ3n) is 2.96. The van der Waals surface area contributed by atoms with Crippen LogP contribution in [-0.2, 0) is 5.75 Å². The van der Waals surface area contributed by atoms with Gasteiger partial charge in [0.15, 0.2) is 5.78 Å². The van der Waals surface area contributed by atoms with Crippen LogP contribution in [0.15, 0.2) is 41.3 Å². The Morgan fingerprint density at radius 2 is 1.95 bits per heavy atom. The van der Waals surface area contributed by atoms with Crippen LogP contribution in [0.3, 0.4) is 0 Å². The van der Waals surface area contributed by atoms with Crippen LogP contribution in [0.2, 0.25) is 10.0 Å². The maximum atomic E-state index is 11.5. The first-order valence-electron chi connectivity index (χ1n) is 6.27. The lowest BCUT2D eigenvalue weighted by Gasteiger charge is -2.10. The van der Waals surface area contributed by atoms with E-state index in [-0.39, 0.29) is 5.78 Å². The predicted octanol–water partition coefficient (Wildman–Crippen LogP) is 5.50. The summed E-state index contributed by atoms with van der Waals surface area (Å²) < 4.78 is 5.34. The number of thioether (sulfide) groups is 1. The number of ether oxygens (including phenoxy) is 1. The van der Waals surface area contributed by atoms with Crippen LogP contribution in [0.1, 0.15) is 22.8 Å². The van der Waals surface area contributed by atoms with E-state index in [0.717, 1.165) is 16.2 Å². The molecule has 0 fully saturated rings. The van der Waals surface area contributed by atoms with E-state index in [1.54, 1.807) is 44.0 Å². The molecule has 110 valence electrons. The number of methoxy groups -OCH3 is 1. The lowest BCUT2D eigenvalue weighted by molar-refractivity contribution is 0.101. The summed E-state index contributed by atoms with van der Waals surface area (Å²) in [7, 11) is 1.61. The van der Waals surface area contributed by atoms with Gasteiger partial charge in [0.05, 0.1) is 12.1 Å². The highest BCUT2D eigenvalue weighted by Crippen LogP contribution is 2.34. The Kier molecular flexibility index (Phi) is 5.57. The minimum atomic E-state index is 0.0321. The van der Waals surface area contributed by atoms with Crippen LogP contribution in [0.5, 0.6) is 5.75 Å². The minimum Gasteiger partial charge on any atom is -0.496 e. The molecule has 2 rings (SSSR count). The summed E-state index contributed by atoms with van der Waals surface area (Å²) in [5.41, 5.74) is 1.62. The molecule has 0 saturated heterocycles. The lowest BCUT2D eigenvalue weighted by Crippen LogP contribution is -1.97. The van der Waals surface area contributed by atoms with Gasteiger partial charge in [-0.2, -0.15) is 0 Å². The number of ketones is 1. The summed E-state index contributed by atoms with van der Waals surface area (Å²) in [5, 5.41) is 1.30. The molecule has 0 radical (unpaired) electrons. The number of hydrogen-bond acceptors (Lipinski definition) is 3. The molecule has 0 aromatic heterocycles. The maximum absolute atomic E-state index is 11.5. The molecule has 0 saturated carbocycles. The number of rotatable bonds is 5. The molecule has 0 aliphatic heterocycles. The number of benzene rings is 2. The third kappa shape index (κ3) is 4.16. The topological polar surface area (TPSA) is 26.3 Å². The molecule has 21 heavy (non-hydrogen) atoms. The fourth-order valence-corrected chi connectivity index (χ4v) is 3.32. The fourth-order valence-electron chi connectivity index (χ4n) is 1.85. The van der Waals surface area contributed by atoms with Crippen molar-refractivity contribution in [2.45, 2.75) is 17.6 Å². The Bertz CT molecular complexity index is 671. The Morgan fingerprint density at radius 3 is 2.62 bits per heavy atom. The van der Waals surface area contributed by atoms with Crippen molar-refractivity contribution in [3.8, 4) is 5.75 Å². The first-order valence-corrected chi connectivity index (χ1v) is 8.01. The van der Waals surface area contributed by atoms with E-state index in [1.165, 1.54) is 0 Å². The average molecular weight is 341 g/mol. The summed E-state index contributed by atoms with van der Waals surface area (Å²) in [6.45, 7) is 1.55. The molecule has 0 unspecified atom stereocenters. The molecule has 2 aromatic rings. The van der Waals surface area contributed by atoms with Crippen molar-refractivity contribution < 1.29 is 9.53 Å². The first-order chi connectivity index (χ1) is 10.0. The summed E-state index contributed by atoms with van der Waals surface area (Å²) in [5.74, 6) is 1.43. The van der Waals surface area contributed by atoms with E-state index in [0.29, 0.717) is 21.4 Å². The smallest absolute Gasteiger partial charge is 0.159 e. The number of carbonyl (C=O) groups is 1. The maximum Gasteiger partial charge on any atom is 0.159 e. The number of Topliss-reactive ketones (excluding diaryl/α,β-unsaturated/α-hetero) is 1. The highest BCUT2D eigenvalue weighted by atomic mass is 35.5. The summed E-state index contributed by atoms with van der Waals surface area (Å²) in [6, 6.07) is 10.8. The highest BCUT2D eigenvalue weighted by Gasteiger charge is 2.09. The Labute approximate surface area is 138 Å². The monoisotopic (exact) mass is 340 g/mol. The van der Waals surface area contributed by atoms with Gasteiger partial charge in [-0.05, 0) is 43.3 Å². The van der Waals surface area contributed by atoms with Crippen LogP contribution in [0, 0.1) is 0 Å². The van der Waals surface area contributed by atoms with Crippen molar-refractivity contribution >= 4 is 40.7 Å². The van der Waals surface area contributed by atoms with Crippen molar-refractivity contribution in [3.63, 3.8) is 0 Å². The Morgan fingerprint density at radius 1 is 1.19 bits per heavy atom. The van der Waals surface area contributed by atoms with Crippen LogP contribution in [-0.4, -0.2) is 12.9 Å². The zero-order valence-electron chi connectivity index (χ0n) is 11.7. The van der Waals surface area contributed by atoms with Gasteiger partial charge < -0.3 is 4.74 Å². The second kappa shape index (κ2) is 7.21. The first kappa shape index (κ1) is 16.2. The lowest BCUT2D eigenvalue weighted by atomic mass is 10.1. The third-order valence-corrected chi connectivity index (χ3v) is 4.74. The van der Waals surface area contributed by atoms with Gasteiger partial charge in [0, 0.05) is 26.8 Å². The minimum absolute atomic E-state index is 0.0321. The Hall–Kier alpha value is -1.16. The number of halogens is 2. The van der Waals surface area contributed by atoms with Gasteiger partial charge in [0.1, 0.15) is 5.75 Å². The molecule has 0 aliphatic rings. The predicted molar refractivity (Wildman–Crippen MR) is 89.0 cm³/mol. The summed E-state index contributed by atoms with van der Waals surface area (Å²) in [6.07, 6.45) is 0. The number of hydrogen-bond donors (Lipinski definition) is 0. The molecule has 0 aliphatic carbocycles. The van der Waals surface area contributed by atoms with E-state index in [4.69, 9.17) is 27.9 Å². The van der Waals surface area contributed by atoms with Gasteiger partial charge in [-0.3, -0.25) is 4.79 Å². The van der Waals surface area contributed by atoms with Crippen LogP contribution in [0.25, 0.3) is 0 Å². The normalized spacial score (nSPS) is 10.5.